The van der Waals surface area contributed by atoms with Gasteiger partial charge in [-0.25, -0.2) is 0 Å². The van der Waals surface area contributed by atoms with Crippen LogP contribution in [0.4, 0.5) is 0 Å². The lowest BCUT2D eigenvalue weighted by molar-refractivity contribution is 1.57. The predicted molar refractivity (Wildman–Crippen MR) is 132 cm³/mol. The summed E-state index contributed by atoms with van der Waals surface area (Å²) in [7, 11) is -3.88. The summed E-state index contributed by atoms with van der Waals surface area (Å²) in [5.41, 5.74) is 1.25. The molecule has 4 aromatic rings. The quantitative estimate of drug-likeness (QED) is 0.417. The molecule has 0 heterocycles. The largest absolute Gasteiger partial charge is 0.113 e. The van der Waals surface area contributed by atoms with Crippen LogP contribution in [0.2, 0.25) is 18.8 Å². The minimum Gasteiger partial charge on any atom is -0.0626 e. The van der Waals surface area contributed by atoms with Crippen LogP contribution in [0.1, 0.15) is 0 Å². The maximum absolute atomic E-state index is 2.56. The lowest BCUT2D eigenvalue weighted by Crippen LogP contribution is -2.67. The summed E-state index contributed by atoms with van der Waals surface area (Å²) in [6, 6.07) is 45.0. The van der Waals surface area contributed by atoms with Gasteiger partial charge in [-0.3, -0.25) is 0 Å². The van der Waals surface area contributed by atoms with Gasteiger partial charge in [0.05, 0.1) is 0 Å². The molecule has 144 valence electrons. The molecule has 0 aromatic heterocycles. The minimum atomic E-state index is -1.94. The van der Waals surface area contributed by atoms with E-state index in [1.165, 1.54) is 26.4 Å². The normalized spacial score (nSPS) is 11.9. The van der Waals surface area contributed by atoms with Gasteiger partial charge in [-0.05, 0) is 5.67 Å². The van der Waals surface area contributed by atoms with E-state index < -0.39 is 16.1 Å². The molecular formula is C27H28Si2. The van der Waals surface area contributed by atoms with Gasteiger partial charge >= 0.3 is 0 Å². The van der Waals surface area contributed by atoms with Gasteiger partial charge < -0.3 is 0 Å². The number of rotatable bonds is 6. The molecule has 0 saturated carbocycles. The van der Waals surface area contributed by atoms with Crippen LogP contribution in [0.3, 0.4) is 0 Å². The molecule has 0 nitrogen and oxygen atoms in total. The third-order valence-electron chi connectivity index (χ3n) is 6.35. The van der Waals surface area contributed by atoms with Crippen LogP contribution in [-0.4, -0.2) is 16.1 Å². The van der Waals surface area contributed by atoms with Gasteiger partial charge in [0.15, 0.2) is 0 Å². The summed E-state index contributed by atoms with van der Waals surface area (Å²) >= 11 is 0. The average molecular weight is 409 g/mol. The first kappa shape index (κ1) is 19.6. The van der Waals surface area contributed by atoms with Crippen molar-refractivity contribution in [3.8, 4) is 0 Å². The standard InChI is InChI=1S/C27H28Si2/c1-28(24-15-7-3-8-16-24,25-17-9-4-10-18-25)23-29(2,26-19-11-5-12-20-26)27-21-13-6-14-22-27/h3-22H,23H2,1-2H3. The molecule has 0 atom stereocenters. The molecule has 0 saturated heterocycles. The first-order valence-corrected chi connectivity index (χ1v) is 15.8. The van der Waals surface area contributed by atoms with Crippen molar-refractivity contribution in [1.29, 1.82) is 0 Å². The molecule has 0 spiro atoms. The van der Waals surface area contributed by atoms with Crippen molar-refractivity contribution in [2.24, 2.45) is 0 Å². The highest BCUT2D eigenvalue weighted by Crippen LogP contribution is 2.21. The maximum atomic E-state index is 2.56. The Labute approximate surface area is 176 Å². The number of hydrogen-bond donors (Lipinski definition) is 0. The SMILES string of the molecule is C[Si](C[Si](C)(c1ccccc1)c1ccccc1)(c1ccccc1)c1ccccc1. The van der Waals surface area contributed by atoms with Gasteiger partial charge in [0.25, 0.3) is 0 Å². The van der Waals surface area contributed by atoms with Gasteiger partial charge in [-0.15, -0.1) is 0 Å². The molecular weight excluding hydrogens is 380 g/mol. The Morgan fingerprint density at radius 3 is 0.793 bits per heavy atom. The fraction of sp³-hybridized carbons (Fsp3) is 0.111. The Balaban J connectivity index is 1.91. The first-order chi connectivity index (χ1) is 14.1. The summed E-state index contributed by atoms with van der Waals surface area (Å²) in [5, 5.41) is 6.10. The molecule has 0 N–H and O–H groups in total. The molecule has 0 aliphatic carbocycles. The van der Waals surface area contributed by atoms with Crippen LogP contribution in [0, 0.1) is 0 Å². The summed E-state index contributed by atoms with van der Waals surface area (Å²) in [4.78, 5) is 0. The lowest BCUT2D eigenvalue weighted by atomic mass is 10.4. The highest BCUT2D eigenvalue weighted by molar-refractivity contribution is 7.16. The molecule has 4 rings (SSSR count). The average Bonchev–Trinajstić information content (AvgIpc) is 2.81. The van der Waals surface area contributed by atoms with Gasteiger partial charge in [0.1, 0.15) is 16.1 Å². The monoisotopic (exact) mass is 408 g/mol. The molecule has 4 aromatic carbocycles. The van der Waals surface area contributed by atoms with Gasteiger partial charge in [0.2, 0.25) is 0 Å². The van der Waals surface area contributed by atoms with E-state index in [1.54, 1.807) is 0 Å². The summed E-state index contributed by atoms with van der Waals surface area (Å²) in [6.07, 6.45) is 0. The molecule has 0 amide bonds. The van der Waals surface area contributed by atoms with E-state index in [4.69, 9.17) is 0 Å². The van der Waals surface area contributed by atoms with Crippen molar-refractivity contribution in [1.82, 2.24) is 0 Å². The molecule has 0 aliphatic heterocycles. The Bertz CT molecular complexity index is 863. The summed E-state index contributed by atoms with van der Waals surface area (Å²) < 4.78 is 0. The number of benzene rings is 4. The van der Waals surface area contributed by atoms with E-state index in [-0.39, 0.29) is 0 Å². The second kappa shape index (κ2) is 8.36. The molecule has 0 unspecified atom stereocenters. The van der Waals surface area contributed by atoms with Crippen molar-refractivity contribution >= 4 is 36.9 Å². The highest BCUT2D eigenvalue weighted by atomic mass is 28.4. The molecule has 0 aliphatic rings. The van der Waals surface area contributed by atoms with Crippen molar-refractivity contribution in [2.75, 3.05) is 0 Å². The van der Waals surface area contributed by atoms with E-state index in [9.17, 15) is 0 Å². The van der Waals surface area contributed by atoms with Gasteiger partial charge in [-0.2, -0.15) is 0 Å². The fourth-order valence-corrected chi connectivity index (χ4v) is 18.0. The first-order valence-electron chi connectivity index (χ1n) is 10.3. The Morgan fingerprint density at radius 1 is 0.379 bits per heavy atom. The van der Waals surface area contributed by atoms with Crippen LogP contribution >= 0.6 is 0 Å². The fourth-order valence-electron chi connectivity index (χ4n) is 4.67. The highest BCUT2D eigenvalue weighted by Gasteiger charge is 2.43. The van der Waals surface area contributed by atoms with E-state index in [0.717, 1.165) is 0 Å². The summed E-state index contributed by atoms with van der Waals surface area (Å²) in [6.45, 7) is 5.13. The summed E-state index contributed by atoms with van der Waals surface area (Å²) in [5.74, 6) is 0. The van der Waals surface area contributed by atoms with E-state index >= 15 is 0 Å². The Kier molecular flexibility index (Phi) is 5.66. The van der Waals surface area contributed by atoms with Crippen molar-refractivity contribution < 1.29 is 0 Å². The van der Waals surface area contributed by atoms with E-state index in [0.29, 0.717) is 0 Å². The Morgan fingerprint density at radius 2 is 0.586 bits per heavy atom. The van der Waals surface area contributed by atoms with Crippen molar-refractivity contribution in [3.05, 3.63) is 121 Å². The Hall–Kier alpha value is -2.69. The third kappa shape index (κ3) is 3.91. The molecule has 29 heavy (non-hydrogen) atoms. The number of hydrogen-bond acceptors (Lipinski definition) is 0. The molecule has 0 fully saturated rings. The third-order valence-corrected chi connectivity index (χ3v) is 18.4. The van der Waals surface area contributed by atoms with Crippen LogP contribution in [0.25, 0.3) is 0 Å². The van der Waals surface area contributed by atoms with Gasteiger partial charge in [-0.1, -0.05) is 155 Å². The zero-order chi connectivity index (χ0) is 20.2. The predicted octanol–water partition coefficient (Wildman–Crippen LogP) is 4.31. The second-order valence-corrected chi connectivity index (χ2v) is 17.4. The molecule has 0 radical (unpaired) electrons. The zero-order valence-corrected chi connectivity index (χ0v) is 19.3. The van der Waals surface area contributed by atoms with Crippen molar-refractivity contribution in [2.45, 2.75) is 18.8 Å². The zero-order valence-electron chi connectivity index (χ0n) is 17.3. The minimum absolute atomic E-state index is 1.25. The molecule has 0 bridgehead atoms. The van der Waals surface area contributed by atoms with Crippen LogP contribution in [0.15, 0.2) is 121 Å². The van der Waals surface area contributed by atoms with E-state index in [1.807, 2.05) is 0 Å². The smallest absolute Gasteiger partial charge is 0.0626 e. The van der Waals surface area contributed by atoms with Crippen molar-refractivity contribution in [3.63, 3.8) is 0 Å². The van der Waals surface area contributed by atoms with Crippen LogP contribution < -0.4 is 20.7 Å². The molecule has 2 heteroatoms. The van der Waals surface area contributed by atoms with E-state index in [2.05, 4.69) is 134 Å². The van der Waals surface area contributed by atoms with Crippen LogP contribution in [0.5, 0.6) is 0 Å². The second-order valence-electron chi connectivity index (χ2n) is 8.31. The van der Waals surface area contributed by atoms with Gasteiger partial charge in [0, 0.05) is 0 Å². The van der Waals surface area contributed by atoms with Crippen LogP contribution in [-0.2, 0) is 0 Å². The maximum Gasteiger partial charge on any atom is 0.113 e. The lowest BCUT2D eigenvalue weighted by Gasteiger charge is -2.39. The topological polar surface area (TPSA) is 0 Å².